The second kappa shape index (κ2) is 11.7. The van der Waals surface area contributed by atoms with Crippen molar-refractivity contribution in [2.24, 2.45) is 7.05 Å². The molecule has 48 heavy (non-hydrogen) atoms. The van der Waals surface area contributed by atoms with Crippen LogP contribution in [0.5, 0.6) is 11.9 Å². The Bertz CT molecular complexity index is 2100. The van der Waals surface area contributed by atoms with Crippen LogP contribution in [0.25, 0.3) is 22.1 Å². The molecule has 3 atom stereocenters. The van der Waals surface area contributed by atoms with Crippen LogP contribution >= 0.6 is 0 Å². The minimum Gasteiger partial charge on any atom is -0.480 e. The first-order chi connectivity index (χ1) is 23.3. The Balaban J connectivity index is 1.15. The number of morpholine rings is 1. The lowest BCUT2D eigenvalue weighted by molar-refractivity contribution is -0.228. The Morgan fingerprint density at radius 2 is 2.00 bits per heavy atom. The van der Waals surface area contributed by atoms with Gasteiger partial charge in [-0.15, -0.1) is 0 Å². The summed E-state index contributed by atoms with van der Waals surface area (Å²) in [5, 5.41) is 15.5. The predicted molar refractivity (Wildman–Crippen MR) is 173 cm³/mol. The molecule has 1 spiro atoms. The van der Waals surface area contributed by atoms with Gasteiger partial charge < -0.3 is 38.3 Å². The molecule has 246 valence electrons. The zero-order valence-corrected chi connectivity index (χ0v) is 26.6. The van der Waals surface area contributed by atoms with Gasteiger partial charge in [-0.25, -0.2) is 9.78 Å². The van der Waals surface area contributed by atoms with E-state index in [-0.39, 0.29) is 25.0 Å². The number of fused-ring (bicyclic) bond motifs is 3. The fraction of sp³-hybridized carbons (Fsp3) is 0.382. The van der Waals surface area contributed by atoms with Crippen LogP contribution in [0, 0.1) is 11.8 Å². The van der Waals surface area contributed by atoms with Crippen molar-refractivity contribution in [1.29, 1.82) is 0 Å². The number of para-hydroxylation sites is 1. The topological polar surface area (TPSA) is 150 Å². The second-order valence-electron chi connectivity index (χ2n) is 12.2. The molecule has 0 aliphatic carbocycles. The zero-order chi connectivity index (χ0) is 33.0. The molecule has 14 nitrogen and oxygen atoms in total. The van der Waals surface area contributed by atoms with E-state index in [1.165, 1.54) is 7.11 Å². The smallest absolute Gasteiger partial charge is 0.326 e. The maximum Gasteiger partial charge on any atom is 0.326 e. The summed E-state index contributed by atoms with van der Waals surface area (Å²) in [7, 11) is 3.32. The van der Waals surface area contributed by atoms with Gasteiger partial charge in [-0.1, -0.05) is 18.1 Å². The van der Waals surface area contributed by atoms with E-state index in [0.717, 1.165) is 11.1 Å². The number of aliphatic carboxylic acids is 1. The number of carboxylic acid groups (broad SMARTS) is 1. The normalized spacial score (nSPS) is 21.7. The van der Waals surface area contributed by atoms with Crippen LogP contribution in [-0.4, -0.2) is 99.6 Å². The number of aryl methyl sites for hydroxylation is 1. The number of furan rings is 1. The molecule has 0 bridgehead atoms. The number of methoxy groups -OCH3 is 1. The Morgan fingerprint density at radius 1 is 1.15 bits per heavy atom. The average Bonchev–Trinajstić information content (AvgIpc) is 3.80. The summed E-state index contributed by atoms with van der Waals surface area (Å²) in [6.45, 7) is 4.45. The van der Waals surface area contributed by atoms with E-state index in [1.54, 1.807) is 15.8 Å². The molecule has 8 rings (SSSR count). The van der Waals surface area contributed by atoms with E-state index in [0.29, 0.717) is 66.0 Å². The Labute approximate surface area is 275 Å². The number of ether oxygens (including phenoxy) is 4. The maximum atomic E-state index is 12.7. The third-order valence-electron chi connectivity index (χ3n) is 9.30. The molecule has 1 N–H and O–H groups in total. The van der Waals surface area contributed by atoms with Crippen LogP contribution in [0.3, 0.4) is 0 Å². The average molecular weight is 652 g/mol. The van der Waals surface area contributed by atoms with Crippen molar-refractivity contribution in [3.8, 4) is 23.7 Å². The van der Waals surface area contributed by atoms with Crippen LogP contribution in [-0.2, 0) is 21.3 Å². The minimum atomic E-state index is -1.01. The summed E-state index contributed by atoms with van der Waals surface area (Å²) in [5.41, 5.74) is 3.21. The van der Waals surface area contributed by atoms with Gasteiger partial charge in [-0.2, -0.15) is 15.1 Å². The second-order valence-corrected chi connectivity index (χ2v) is 12.2. The highest BCUT2D eigenvalue weighted by molar-refractivity contribution is 6.06. The summed E-state index contributed by atoms with van der Waals surface area (Å²) >= 11 is 0. The van der Waals surface area contributed by atoms with Crippen LogP contribution in [0.2, 0.25) is 0 Å². The molecule has 0 saturated carbocycles. The van der Waals surface area contributed by atoms with Gasteiger partial charge in [-0.3, -0.25) is 4.68 Å². The van der Waals surface area contributed by atoms with Gasteiger partial charge in [0.2, 0.25) is 5.88 Å². The third-order valence-corrected chi connectivity index (χ3v) is 9.30. The van der Waals surface area contributed by atoms with Gasteiger partial charge in [0.05, 0.1) is 39.5 Å². The van der Waals surface area contributed by atoms with Crippen LogP contribution in [0.1, 0.15) is 24.6 Å². The van der Waals surface area contributed by atoms with Crippen molar-refractivity contribution >= 4 is 39.5 Å². The summed E-state index contributed by atoms with van der Waals surface area (Å²) in [4.78, 5) is 30.4. The molecule has 0 radical (unpaired) electrons. The van der Waals surface area contributed by atoms with Gasteiger partial charge in [0.25, 0.3) is 0 Å². The number of hydrogen-bond donors (Lipinski definition) is 1. The van der Waals surface area contributed by atoms with Crippen LogP contribution in [0.4, 0.5) is 11.5 Å². The number of rotatable bonds is 6. The molecular formula is C34H33N7O7. The Morgan fingerprint density at radius 3 is 2.75 bits per heavy atom. The Kier molecular flexibility index (Phi) is 7.30. The molecule has 1 aromatic carbocycles. The number of benzene rings is 1. The first-order valence-corrected chi connectivity index (χ1v) is 15.7. The largest absolute Gasteiger partial charge is 0.480 e. The van der Waals surface area contributed by atoms with Gasteiger partial charge >= 0.3 is 12.0 Å². The van der Waals surface area contributed by atoms with Crippen molar-refractivity contribution in [3.63, 3.8) is 0 Å². The SMILES string of the molecule is COc1nc(N2C[C@@H](Oc3ncc(C#Cc4ccn(C)n4)cc3N3CCOC4(COC4)[C@@H]3C)C[C@H]2C(=O)O)c2oc3ccccc3c2n1. The number of aromatic nitrogens is 5. The van der Waals surface area contributed by atoms with Crippen LogP contribution in [0.15, 0.2) is 53.2 Å². The number of nitrogens with zero attached hydrogens (tertiary/aromatic N) is 7. The maximum absolute atomic E-state index is 12.7. The summed E-state index contributed by atoms with van der Waals surface area (Å²) < 4.78 is 31.7. The molecule has 4 aromatic heterocycles. The monoisotopic (exact) mass is 651 g/mol. The molecule has 0 amide bonds. The van der Waals surface area contributed by atoms with Gasteiger partial charge in [-0.05, 0) is 37.1 Å². The number of pyridine rings is 1. The minimum absolute atomic E-state index is 0.0372. The van der Waals surface area contributed by atoms with Gasteiger partial charge in [0.15, 0.2) is 11.4 Å². The molecular weight excluding hydrogens is 618 g/mol. The van der Waals surface area contributed by atoms with E-state index in [1.807, 2.05) is 49.6 Å². The summed E-state index contributed by atoms with van der Waals surface area (Å²) in [6, 6.07) is 10.4. The molecule has 14 heteroatoms. The van der Waals surface area contributed by atoms with Gasteiger partial charge in [0.1, 0.15) is 40.2 Å². The molecule has 3 fully saturated rings. The standard InChI is InChI=1S/C34H33N7O7/c1-20-34(18-45-19-34)46-13-12-40(20)25-14-21(8-9-22-10-11-39(2)38-22)16-35-31(25)47-23-15-26(32(42)43)41(17-23)30-29-28(36-33(37-30)44-3)24-6-4-5-7-27(24)48-29/h4-7,10-11,14,16,20,23,26H,12-13,15,17-19H2,1-3H3,(H,42,43)/t20-,23-,26-/m0/s1. The first-order valence-electron chi connectivity index (χ1n) is 15.7. The van der Waals surface area contributed by atoms with E-state index in [2.05, 4.69) is 38.7 Å². The predicted octanol–water partition coefficient (Wildman–Crippen LogP) is 3.02. The quantitative estimate of drug-likeness (QED) is 0.268. The Hall–Kier alpha value is -5.39. The first kappa shape index (κ1) is 30.0. The van der Waals surface area contributed by atoms with Crippen molar-refractivity contribution in [2.75, 3.05) is 49.8 Å². The fourth-order valence-electron chi connectivity index (χ4n) is 6.68. The van der Waals surface area contributed by atoms with E-state index >= 15 is 0 Å². The highest BCUT2D eigenvalue weighted by Gasteiger charge is 2.50. The number of carboxylic acids is 1. The molecule has 3 aliphatic rings. The lowest BCUT2D eigenvalue weighted by atomic mass is 9.90. The molecule has 5 aromatic rings. The number of carbonyl (C=O) groups is 1. The summed E-state index contributed by atoms with van der Waals surface area (Å²) in [5.74, 6) is 5.98. The molecule has 3 aliphatic heterocycles. The molecule has 3 saturated heterocycles. The van der Waals surface area contributed by atoms with Crippen molar-refractivity contribution in [2.45, 2.75) is 37.1 Å². The lowest BCUT2D eigenvalue weighted by Crippen LogP contribution is -2.68. The highest BCUT2D eigenvalue weighted by atomic mass is 16.6. The van der Waals surface area contributed by atoms with E-state index in [4.69, 9.17) is 28.3 Å². The van der Waals surface area contributed by atoms with Crippen molar-refractivity contribution in [1.82, 2.24) is 24.7 Å². The zero-order valence-electron chi connectivity index (χ0n) is 26.6. The van der Waals surface area contributed by atoms with Gasteiger partial charge in [0, 0.05) is 43.4 Å². The van der Waals surface area contributed by atoms with Crippen LogP contribution < -0.4 is 19.3 Å². The van der Waals surface area contributed by atoms with Crippen molar-refractivity contribution in [3.05, 3.63) is 60.0 Å². The fourth-order valence-corrected chi connectivity index (χ4v) is 6.68. The van der Waals surface area contributed by atoms with E-state index in [9.17, 15) is 9.90 Å². The van der Waals surface area contributed by atoms with Crippen molar-refractivity contribution < 1.29 is 33.3 Å². The third kappa shape index (κ3) is 5.11. The lowest BCUT2D eigenvalue weighted by Gasteiger charge is -2.53. The summed E-state index contributed by atoms with van der Waals surface area (Å²) in [6.07, 6.45) is 3.14. The molecule has 0 unspecified atom stereocenters. The van der Waals surface area contributed by atoms with E-state index < -0.39 is 23.7 Å². The number of hydrogen-bond acceptors (Lipinski definition) is 12. The molecule has 7 heterocycles. The number of anilines is 2. The highest BCUT2D eigenvalue weighted by Crippen LogP contribution is 2.41.